The molecule has 2 aliphatic heterocycles. The monoisotopic (exact) mass is 265 g/mol. The molecule has 2 saturated heterocycles. The predicted octanol–water partition coefficient (Wildman–Crippen LogP) is 1.10. The van der Waals surface area contributed by atoms with Crippen LogP contribution in [0, 0.1) is 0 Å². The van der Waals surface area contributed by atoms with E-state index in [4.69, 9.17) is 4.52 Å². The first-order valence-electron chi connectivity index (χ1n) is 7.35. The van der Waals surface area contributed by atoms with E-state index in [1.807, 2.05) is 6.07 Å². The van der Waals surface area contributed by atoms with Crippen molar-refractivity contribution >= 4 is 0 Å². The van der Waals surface area contributed by atoms with E-state index in [0.717, 1.165) is 38.3 Å². The van der Waals surface area contributed by atoms with Gasteiger partial charge in [-0.3, -0.25) is 9.80 Å². The molecule has 19 heavy (non-hydrogen) atoms. The van der Waals surface area contributed by atoms with Crippen LogP contribution in [0.5, 0.6) is 0 Å². The lowest BCUT2D eigenvalue weighted by atomic mass is 10.2. The van der Waals surface area contributed by atoms with Gasteiger partial charge in [0.25, 0.3) is 0 Å². The molecule has 1 N–H and O–H groups in total. The second-order valence-corrected chi connectivity index (χ2v) is 5.73. The van der Waals surface area contributed by atoms with Gasteiger partial charge in [-0.15, -0.1) is 0 Å². The third kappa shape index (κ3) is 2.99. The molecule has 0 bridgehead atoms. The number of aromatic nitrogens is 1. The maximum absolute atomic E-state index is 9.41. The molecule has 5 nitrogen and oxygen atoms in total. The summed E-state index contributed by atoms with van der Waals surface area (Å²) >= 11 is 0. The van der Waals surface area contributed by atoms with Crippen LogP contribution in [-0.4, -0.2) is 58.4 Å². The molecular weight excluding hydrogens is 242 g/mol. The highest BCUT2D eigenvalue weighted by Crippen LogP contribution is 2.24. The molecule has 0 spiro atoms. The van der Waals surface area contributed by atoms with Gasteiger partial charge in [0.2, 0.25) is 0 Å². The van der Waals surface area contributed by atoms with E-state index in [2.05, 4.69) is 15.0 Å². The summed E-state index contributed by atoms with van der Waals surface area (Å²) in [4.78, 5) is 4.97. The van der Waals surface area contributed by atoms with E-state index in [1.165, 1.54) is 19.3 Å². The van der Waals surface area contributed by atoms with Crippen LogP contribution in [0.15, 0.2) is 16.9 Å². The van der Waals surface area contributed by atoms with Gasteiger partial charge in [0.1, 0.15) is 6.26 Å². The third-order valence-corrected chi connectivity index (χ3v) is 4.51. The Morgan fingerprint density at radius 1 is 1.21 bits per heavy atom. The Kier molecular flexibility index (Phi) is 4.15. The highest BCUT2D eigenvalue weighted by molar-refractivity contribution is 4.97. The number of aliphatic hydroxyl groups excluding tert-OH is 1. The average Bonchev–Trinajstić information content (AvgIpc) is 3.14. The van der Waals surface area contributed by atoms with Crippen molar-refractivity contribution in [2.45, 2.75) is 44.3 Å². The largest absolute Gasteiger partial charge is 0.395 e. The summed E-state index contributed by atoms with van der Waals surface area (Å²) in [7, 11) is 0. The Bertz CT molecular complexity index is 382. The van der Waals surface area contributed by atoms with Crippen molar-refractivity contribution in [1.29, 1.82) is 0 Å². The van der Waals surface area contributed by atoms with E-state index in [-0.39, 0.29) is 0 Å². The summed E-state index contributed by atoms with van der Waals surface area (Å²) in [5, 5.41) is 13.4. The Balaban J connectivity index is 1.57. The van der Waals surface area contributed by atoms with E-state index >= 15 is 0 Å². The van der Waals surface area contributed by atoms with Crippen molar-refractivity contribution in [3.05, 3.63) is 18.0 Å². The van der Waals surface area contributed by atoms with Crippen molar-refractivity contribution in [2.24, 2.45) is 0 Å². The van der Waals surface area contributed by atoms with Crippen molar-refractivity contribution in [1.82, 2.24) is 15.0 Å². The maximum atomic E-state index is 9.41. The molecule has 2 aliphatic rings. The molecule has 5 heteroatoms. The number of hydrogen-bond donors (Lipinski definition) is 1. The van der Waals surface area contributed by atoms with Gasteiger partial charge in [-0.05, 0) is 38.8 Å². The van der Waals surface area contributed by atoms with Crippen molar-refractivity contribution in [2.75, 3.05) is 26.2 Å². The highest BCUT2D eigenvalue weighted by atomic mass is 16.5. The van der Waals surface area contributed by atoms with Crippen LogP contribution in [0.2, 0.25) is 0 Å². The van der Waals surface area contributed by atoms with E-state index in [9.17, 15) is 5.11 Å². The molecule has 2 unspecified atom stereocenters. The maximum Gasteiger partial charge on any atom is 0.124 e. The lowest BCUT2D eigenvalue weighted by Gasteiger charge is -2.30. The van der Waals surface area contributed by atoms with Crippen LogP contribution in [-0.2, 0) is 6.54 Å². The van der Waals surface area contributed by atoms with Gasteiger partial charge in [0.15, 0.2) is 0 Å². The number of hydrogen-bond acceptors (Lipinski definition) is 5. The molecule has 0 saturated carbocycles. The Hall–Kier alpha value is -0.910. The molecule has 3 rings (SSSR count). The fraction of sp³-hybridized carbons (Fsp3) is 0.786. The fourth-order valence-electron chi connectivity index (χ4n) is 3.45. The van der Waals surface area contributed by atoms with Gasteiger partial charge in [-0.1, -0.05) is 5.16 Å². The Morgan fingerprint density at radius 3 is 2.74 bits per heavy atom. The lowest BCUT2D eigenvalue weighted by molar-refractivity contribution is 0.119. The molecule has 0 aromatic carbocycles. The summed E-state index contributed by atoms with van der Waals surface area (Å²) in [6.07, 6.45) is 6.53. The first-order valence-corrected chi connectivity index (χ1v) is 7.35. The number of nitrogens with zero attached hydrogens (tertiary/aromatic N) is 3. The van der Waals surface area contributed by atoms with Crippen LogP contribution in [0.1, 0.15) is 31.4 Å². The molecular formula is C14H23N3O2. The molecule has 2 atom stereocenters. The van der Waals surface area contributed by atoms with Crippen LogP contribution < -0.4 is 0 Å². The van der Waals surface area contributed by atoms with Gasteiger partial charge >= 0.3 is 0 Å². The zero-order valence-electron chi connectivity index (χ0n) is 11.4. The topological polar surface area (TPSA) is 52.7 Å². The van der Waals surface area contributed by atoms with E-state index in [0.29, 0.717) is 18.7 Å². The zero-order chi connectivity index (χ0) is 13.1. The minimum atomic E-state index is 0.302. The summed E-state index contributed by atoms with van der Waals surface area (Å²) in [6.45, 7) is 4.56. The molecule has 106 valence electrons. The minimum absolute atomic E-state index is 0.302. The van der Waals surface area contributed by atoms with E-state index < -0.39 is 0 Å². The molecule has 0 aliphatic carbocycles. The van der Waals surface area contributed by atoms with Crippen LogP contribution in [0.25, 0.3) is 0 Å². The van der Waals surface area contributed by atoms with Crippen LogP contribution in [0.3, 0.4) is 0 Å². The summed E-state index contributed by atoms with van der Waals surface area (Å²) in [5.74, 6) is 0. The molecule has 1 aromatic heterocycles. The summed E-state index contributed by atoms with van der Waals surface area (Å²) in [5.41, 5.74) is 1.02. The van der Waals surface area contributed by atoms with Gasteiger partial charge in [-0.2, -0.15) is 0 Å². The summed E-state index contributed by atoms with van der Waals surface area (Å²) in [6, 6.07) is 2.93. The second-order valence-electron chi connectivity index (χ2n) is 5.73. The normalized spacial score (nSPS) is 29.3. The first-order chi connectivity index (χ1) is 9.36. The first kappa shape index (κ1) is 13.1. The van der Waals surface area contributed by atoms with Crippen molar-refractivity contribution in [3.63, 3.8) is 0 Å². The van der Waals surface area contributed by atoms with Crippen molar-refractivity contribution < 1.29 is 9.63 Å². The third-order valence-electron chi connectivity index (χ3n) is 4.51. The highest BCUT2D eigenvalue weighted by Gasteiger charge is 2.31. The number of aliphatic hydroxyl groups is 1. The van der Waals surface area contributed by atoms with Crippen LogP contribution >= 0.6 is 0 Å². The van der Waals surface area contributed by atoms with Gasteiger partial charge in [-0.25, -0.2) is 0 Å². The Morgan fingerprint density at radius 2 is 2.00 bits per heavy atom. The zero-order valence-corrected chi connectivity index (χ0v) is 11.4. The molecule has 0 radical (unpaired) electrons. The quantitative estimate of drug-likeness (QED) is 0.864. The van der Waals surface area contributed by atoms with Gasteiger partial charge < -0.3 is 9.63 Å². The molecule has 0 amide bonds. The van der Waals surface area contributed by atoms with Crippen LogP contribution in [0.4, 0.5) is 0 Å². The number of likely N-dealkylation sites (tertiary alicyclic amines) is 2. The molecule has 2 fully saturated rings. The predicted molar refractivity (Wildman–Crippen MR) is 71.6 cm³/mol. The SMILES string of the molecule is OCC1CCCN1CC1CCCN1Cc1ccon1. The van der Waals surface area contributed by atoms with Gasteiger partial charge in [0, 0.05) is 31.2 Å². The lowest BCUT2D eigenvalue weighted by Crippen LogP contribution is -2.43. The average molecular weight is 265 g/mol. The minimum Gasteiger partial charge on any atom is -0.395 e. The van der Waals surface area contributed by atoms with Crippen molar-refractivity contribution in [3.8, 4) is 0 Å². The fourth-order valence-corrected chi connectivity index (χ4v) is 3.45. The number of rotatable bonds is 5. The standard InChI is InChI=1S/C14H23N3O2/c18-11-14-4-2-7-17(14)10-13-3-1-6-16(13)9-12-5-8-19-15-12/h5,8,13-14,18H,1-4,6-7,9-11H2. The van der Waals surface area contributed by atoms with E-state index in [1.54, 1.807) is 6.26 Å². The van der Waals surface area contributed by atoms with Gasteiger partial charge in [0.05, 0.1) is 12.3 Å². The Labute approximate surface area is 114 Å². The smallest absolute Gasteiger partial charge is 0.124 e. The molecule has 1 aromatic rings. The summed E-state index contributed by atoms with van der Waals surface area (Å²) < 4.78 is 4.91. The second kappa shape index (κ2) is 6.03. The molecule has 3 heterocycles.